The Labute approximate surface area is 187 Å². The number of hydrogen-bond acceptors (Lipinski definition) is 7. The molecule has 8 heteroatoms. The summed E-state index contributed by atoms with van der Waals surface area (Å²) in [6.07, 6.45) is 5.59. The summed E-state index contributed by atoms with van der Waals surface area (Å²) in [6, 6.07) is 8.87. The van der Waals surface area contributed by atoms with E-state index in [1.54, 1.807) is 4.90 Å². The molecule has 1 N–H and O–H groups in total. The first-order chi connectivity index (χ1) is 15.7. The highest BCUT2D eigenvalue weighted by Crippen LogP contribution is 2.26. The van der Waals surface area contributed by atoms with E-state index in [1.165, 1.54) is 17.0 Å². The van der Waals surface area contributed by atoms with Gasteiger partial charge in [0.25, 0.3) is 0 Å². The van der Waals surface area contributed by atoms with Gasteiger partial charge in [-0.25, -0.2) is 14.8 Å². The number of ether oxygens (including phenoxy) is 1. The van der Waals surface area contributed by atoms with E-state index in [0.717, 1.165) is 56.6 Å². The summed E-state index contributed by atoms with van der Waals surface area (Å²) < 4.78 is 5.68. The molecular weight excluding hydrogens is 404 g/mol. The molecule has 1 unspecified atom stereocenters. The molecule has 0 bridgehead atoms. The van der Waals surface area contributed by atoms with Crippen LogP contribution in [-0.4, -0.2) is 64.0 Å². The second kappa shape index (κ2) is 8.07. The molecule has 3 aliphatic heterocycles. The third kappa shape index (κ3) is 3.78. The number of nitrogens with zero attached hydrogens (tertiary/aromatic N) is 5. The fourth-order valence-corrected chi connectivity index (χ4v) is 5.31. The van der Waals surface area contributed by atoms with Crippen molar-refractivity contribution in [1.82, 2.24) is 19.8 Å². The third-order valence-electron chi connectivity index (χ3n) is 7.03. The average Bonchev–Trinajstić information content (AvgIpc) is 3.53. The lowest BCUT2D eigenvalue weighted by atomic mass is 9.99. The van der Waals surface area contributed by atoms with Crippen LogP contribution in [0.3, 0.4) is 0 Å². The third-order valence-corrected chi connectivity index (χ3v) is 7.03. The standard InChI is InChI=1S/C24H28N6O2/c31-24(32-15-16-5-6-22-25-7-8-29(22)12-16)30-13-19-11-26-23(28-21(19)14-30)27-20-9-17-3-1-2-4-18(17)10-20/h1-4,11,16,20H,5-10,12-15H2,(H,26,27,28). The Morgan fingerprint density at radius 2 is 2.00 bits per heavy atom. The second-order valence-corrected chi connectivity index (χ2v) is 9.27. The molecule has 1 saturated heterocycles. The minimum Gasteiger partial charge on any atom is -0.449 e. The molecular formula is C24H28N6O2. The van der Waals surface area contributed by atoms with E-state index in [1.807, 2.05) is 6.20 Å². The Bertz CT molecular complexity index is 1050. The Balaban J connectivity index is 1.02. The van der Waals surface area contributed by atoms with E-state index in [2.05, 4.69) is 44.5 Å². The van der Waals surface area contributed by atoms with Gasteiger partial charge in [0, 0.05) is 43.2 Å². The molecule has 0 radical (unpaired) electrons. The van der Waals surface area contributed by atoms with Crippen LogP contribution in [0.2, 0.25) is 0 Å². The van der Waals surface area contributed by atoms with E-state index in [4.69, 9.17) is 9.72 Å². The monoisotopic (exact) mass is 432 g/mol. The molecule has 1 amide bonds. The zero-order valence-electron chi connectivity index (χ0n) is 18.2. The number of aliphatic imine (C=N–C) groups is 1. The summed E-state index contributed by atoms with van der Waals surface area (Å²) in [5.41, 5.74) is 4.70. The van der Waals surface area contributed by atoms with Crippen LogP contribution in [0.4, 0.5) is 10.7 Å². The number of hydrogen-bond donors (Lipinski definition) is 1. The van der Waals surface area contributed by atoms with Crippen LogP contribution in [0.15, 0.2) is 35.5 Å². The molecule has 32 heavy (non-hydrogen) atoms. The largest absolute Gasteiger partial charge is 0.449 e. The number of carbonyl (C=O) groups excluding carboxylic acids is 1. The highest BCUT2D eigenvalue weighted by molar-refractivity contribution is 5.84. The first kappa shape index (κ1) is 19.5. The lowest BCUT2D eigenvalue weighted by Crippen LogP contribution is -2.40. The normalized spacial score (nSPS) is 21.8. The average molecular weight is 433 g/mol. The number of nitrogens with one attached hydrogen (secondary N) is 1. The van der Waals surface area contributed by atoms with Gasteiger partial charge in [-0.3, -0.25) is 9.89 Å². The van der Waals surface area contributed by atoms with Gasteiger partial charge in [-0.1, -0.05) is 24.3 Å². The maximum Gasteiger partial charge on any atom is 0.410 e. The van der Waals surface area contributed by atoms with Crippen molar-refractivity contribution in [2.75, 3.05) is 31.6 Å². The molecule has 2 aromatic rings. The molecule has 8 nitrogen and oxygen atoms in total. The maximum atomic E-state index is 12.7. The Hall–Kier alpha value is -3.16. The molecule has 0 saturated carbocycles. The van der Waals surface area contributed by atoms with Crippen molar-refractivity contribution in [3.63, 3.8) is 0 Å². The molecule has 4 aliphatic rings. The number of fused-ring (bicyclic) bond motifs is 3. The molecule has 6 rings (SSSR count). The minimum atomic E-state index is -0.260. The highest BCUT2D eigenvalue weighted by atomic mass is 16.6. The van der Waals surface area contributed by atoms with Crippen molar-refractivity contribution in [3.8, 4) is 0 Å². The van der Waals surface area contributed by atoms with Crippen molar-refractivity contribution in [2.45, 2.75) is 44.8 Å². The summed E-state index contributed by atoms with van der Waals surface area (Å²) in [5.74, 6) is 2.25. The quantitative estimate of drug-likeness (QED) is 0.800. The topological polar surface area (TPSA) is 83.0 Å². The number of rotatable bonds is 4. The van der Waals surface area contributed by atoms with Crippen LogP contribution in [0, 0.1) is 5.92 Å². The second-order valence-electron chi connectivity index (χ2n) is 9.27. The van der Waals surface area contributed by atoms with Gasteiger partial charge in [-0.2, -0.15) is 0 Å². The first-order valence-corrected chi connectivity index (χ1v) is 11.6. The number of benzene rings is 1. The van der Waals surface area contributed by atoms with Gasteiger partial charge < -0.3 is 15.0 Å². The van der Waals surface area contributed by atoms with Gasteiger partial charge in [-0.15, -0.1) is 0 Å². The number of aromatic nitrogens is 2. The Morgan fingerprint density at radius 1 is 1.16 bits per heavy atom. The molecule has 1 atom stereocenters. The van der Waals surface area contributed by atoms with Gasteiger partial charge in [0.1, 0.15) is 0 Å². The molecule has 1 fully saturated rings. The Kier molecular flexibility index (Phi) is 4.92. The number of amidine groups is 1. The number of amides is 1. The SMILES string of the molecule is O=C(OCC1CCC2=NCCN2C1)N1Cc2cnc(NC3Cc4ccccc4C3)nc2C1. The van der Waals surface area contributed by atoms with Crippen LogP contribution in [0.1, 0.15) is 35.2 Å². The number of anilines is 1. The fraction of sp³-hybridized carbons (Fsp3) is 0.500. The Morgan fingerprint density at radius 3 is 2.84 bits per heavy atom. The summed E-state index contributed by atoms with van der Waals surface area (Å²) in [4.78, 5) is 30.5. The van der Waals surface area contributed by atoms with Crippen molar-refractivity contribution < 1.29 is 9.53 Å². The summed E-state index contributed by atoms with van der Waals surface area (Å²) in [5, 5.41) is 3.48. The molecule has 1 aromatic heterocycles. The summed E-state index contributed by atoms with van der Waals surface area (Å²) in [7, 11) is 0. The van der Waals surface area contributed by atoms with Crippen molar-refractivity contribution >= 4 is 17.9 Å². The van der Waals surface area contributed by atoms with Crippen LogP contribution < -0.4 is 5.32 Å². The predicted molar refractivity (Wildman–Crippen MR) is 120 cm³/mol. The zero-order chi connectivity index (χ0) is 21.5. The van der Waals surface area contributed by atoms with Crippen molar-refractivity contribution in [3.05, 3.63) is 52.8 Å². The van der Waals surface area contributed by atoms with Gasteiger partial charge in [0.2, 0.25) is 5.95 Å². The molecule has 166 valence electrons. The lowest BCUT2D eigenvalue weighted by Gasteiger charge is -2.31. The maximum absolute atomic E-state index is 12.7. The van der Waals surface area contributed by atoms with E-state index >= 15 is 0 Å². The van der Waals surface area contributed by atoms with Gasteiger partial charge in [0.05, 0.1) is 37.8 Å². The van der Waals surface area contributed by atoms with Gasteiger partial charge in [0.15, 0.2) is 0 Å². The van der Waals surface area contributed by atoms with E-state index < -0.39 is 0 Å². The van der Waals surface area contributed by atoms with Crippen molar-refractivity contribution in [2.24, 2.45) is 10.9 Å². The van der Waals surface area contributed by atoms with Crippen LogP contribution in [-0.2, 0) is 30.7 Å². The van der Waals surface area contributed by atoms with Crippen LogP contribution >= 0.6 is 0 Å². The molecule has 4 heterocycles. The van der Waals surface area contributed by atoms with Gasteiger partial charge >= 0.3 is 6.09 Å². The number of carbonyl (C=O) groups is 1. The van der Waals surface area contributed by atoms with E-state index in [9.17, 15) is 4.79 Å². The van der Waals surface area contributed by atoms with E-state index in [0.29, 0.717) is 37.6 Å². The summed E-state index contributed by atoms with van der Waals surface area (Å²) >= 11 is 0. The first-order valence-electron chi connectivity index (χ1n) is 11.6. The highest BCUT2D eigenvalue weighted by Gasteiger charge is 2.30. The van der Waals surface area contributed by atoms with Crippen LogP contribution in [0.25, 0.3) is 0 Å². The fourth-order valence-electron chi connectivity index (χ4n) is 5.31. The van der Waals surface area contributed by atoms with Crippen LogP contribution in [0.5, 0.6) is 0 Å². The van der Waals surface area contributed by atoms with E-state index in [-0.39, 0.29) is 6.09 Å². The zero-order valence-corrected chi connectivity index (χ0v) is 18.2. The van der Waals surface area contributed by atoms with Gasteiger partial charge in [-0.05, 0) is 30.4 Å². The molecule has 1 aliphatic carbocycles. The summed E-state index contributed by atoms with van der Waals surface area (Å²) in [6.45, 7) is 4.30. The molecule has 1 aromatic carbocycles. The lowest BCUT2D eigenvalue weighted by molar-refractivity contribution is 0.0788. The minimum absolute atomic E-state index is 0.260. The molecule has 0 spiro atoms. The number of piperidine rings is 1. The smallest absolute Gasteiger partial charge is 0.410 e. The van der Waals surface area contributed by atoms with Crippen molar-refractivity contribution in [1.29, 1.82) is 0 Å². The predicted octanol–water partition coefficient (Wildman–Crippen LogP) is 2.63.